The summed E-state index contributed by atoms with van der Waals surface area (Å²) in [4.78, 5) is 11.8. The van der Waals surface area contributed by atoms with E-state index in [0.717, 1.165) is 25.7 Å². The first-order valence-electron chi connectivity index (χ1n) is 8.32. The number of amides is 1. The van der Waals surface area contributed by atoms with Crippen LogP contribution in [0.5, 0.6) is 0 Å². The zero-order chi connectivity index (χ0) is 13.3. The molecule has 1 amide bonds. The Bertz CT molecular complexity index is 251. The van der Waals surface area contributed by atoms with Crippen LogP contribution in [0.2, 0.25) is 0 Å². The van der Waals surface area contributed by atoms with Crippen molar-refractivity contribution in [2.45, 2.75) is 95.6 Å². The molecule has 0 aromatic carbocycles. The van der Waals surface area contributed by atoms with Gasteiger partial charge >= 0.3 is 6.09 Å². The molecule has 0 aliphatic heterocycles. The van der Waals surface area contributed by atoms with E-state index in [4.69, 9.17) is 4.74 Å². The Kier molecular flexibility index (Phi) is 6.52. The van der Waals surface area contributed by atoms with E-state index in [1.165, 1.54) is 57.8 Å². The van der Waals surface area contributed by atoms with Crippen molar-refractivity contribution < 1.29 is 9.53 Å². The molecule has 110 valence electrons. The molecule has 0 heterocycles. The lowest BCUT2D eigenvalue weighted by Crippen LogP contribution is -2.41. The second kappa shape index (κ2) is 8.44. The molecule has 0 atom stereocenters. The fourth-order valence-corrected chi connectivity index (χ4v) is 2.97. The Labute approximate surface area is 117 Å². The minimum Gasteiger partial charge on any atom is -0.446 e. The van der Waals surface area contributed by atoms with Gasteiger partial charge in [-0.3, -0.25) is 0 Å². The van der Waals surface area contributed by atoms with Crippen molar-refractivity contribution >= 4 is 6.09 Å². The van der Waals surface area contributed by atoms with Gasteiger partial charge in [-0.1, -0.05) is 38.5 Å². The average Bonchev–Trinajstić information content (AvgIpc) is 2.40. The first kappa shape index (κ1) is 14.7. The standard InChI is InChI=1S/C16H29NO2/c18-16(17-14-10-9-11-14)19-15-12-7-5-3-1-2-4-6-8-13-15/h14-15H,1-13H2,(H,17,18). The van der Waals surface area contributed by atoms with E-state index in [9.17, 15) is 4.79 Å². The number of hydrogen-bond acceptors (Lipinski definition) is 2. The second-order valence-electron chi connectivity index (χ2n) is 6.21. The maximum absolute atomic E-state index is 11.8. The summed E-state index contributed by atoms with van der Waals surface area (Å²) in [6, 6.07) is 0.384. The molecular formula is C16H29NO2. The van der Waals surface area contributed by atoms with E-state index in [-0.39, 0.29) is 12.2 Å². The molecule has 2 aliphatic rings. The van der Waals surface area contributed by atoms with Gasteiger partial charge < -0.3 is 10.1 Å². The van der Waals surface area contributed by atoms with Crippen molar-refractivity contribution in [1.29, 1.82) is 0 Å². The highest BCUT2D eigenvalue weighted by molar-refractivity contribution is 5.67. The van der Waals surface area contributed by atoms with Crippen LogP contribution in [-0.2, 0) is 4.74 Å². The van der Waals surface area contributed by atoms with Crippen LogP contribution in [0.1, 0.15) is 83.5 Å². The third-order valence-corrected chi connectivity index (χ3v) is 4.50. The van der Waals surface area contributed by atoms with Crippen LogP contribution < -0.4 is 5.32 Å². The number of carbonyl (C=O) groups excluding carboxylic acids is 1. The van der Waals surface area contributed by atoms with Crippen LogP contribution >= 0.6 is 0 Å². The molecule has 0 radical (unpaired) electrons. The molecule has 19 heavy (non-hydrogen) atoms. The summed E-state index contributed by atoms with van der Waals surface area (Å²) in [5.74, 6) is 0. The number of ether oxygens (including phenoxy) is 1. The van der Waals surface area contributed by atoms with Gasteiger partial charge in [0.15, 0.2) is 0 Å². The normalized spacial score (nSPS) is 24.0. The number of alkyl carbamates (subject to hydrolysis) is 1. The van der Waals surface area contributed by atoms with E-state index in [2.05, 4.69) is 5.32 Å². The first-order valence-corrected chi connectivity index (χ1v) is 8.32. The fourth-order valence-electron chi connectivity index (χ4n) is 2.97. The SMILES string of the molecule is O=C(NC1CCC1)OC1CCCCCCCCCC1. The molecule has 2 aliphatic carbocycles. The minimum atomic E-state index is -0.176. The molecule has 0 unspecified atom stereocenters. The molecule has 0 aromatic rings. The Balaban J connectivity index is 1.69. The van der Waals surface area contributed by atoms with Gasteiger partial charge in [0.05, 0.1) is 0 Å². The van der Waals surface area contributed by atoms with Crippen LogP contribution in [-0.4, -0.2) is 18.2 Å². The zero-order valence-electron chi connectivity index (χ0n) is 12.2. The van der Waals surface area contributed by atoms with Crippen LogP contribution in [0.25, 0.3) is 0 Å². The van der Waals surface area contributed by atoms with Crippen LogP contribution in [0.4, 0.5) is 4.79 Å². The molecular weight excluding hydrogens is 238 g/mol. The van der Waals surface area contributed by atoms with Gasteiger partial charge in [-0.25, -0.2) is 4.79 Å². The van der Waals surface area contributed by atoms with Gasteiger partial charge in [0.1, 0.15) is 6.10 Å². The van der Waals surface area contributed by atoms with Crippen molar-refractivity contribution in [3.8, 4) is 0 Å². The van der Waals surface area contributed by atoms with Crippen LogP contribution in [0.3, 0.4) is 0 Å². The minimum absolute atomic E-state index is 0.151. The highest BCUT2D eigenvalue weighted by Gasteiger charge is 2.22. The summed E-state index contributed by atoms with van der Waals surface area (Å²) < 4.78 is 5.62. The van der Waals surface area contributed by atoms with Crippen LogP contribution in [0, 0.1) is 0 Å². The molecule has 0 spiro atoms. The van der Waals surface area contributed by atoms with Crippen molar-refractivity contribution in [1.82, 2.24) is 5.32 Å². The molecule has 3 nitrogen and oxygen atoms in total. The number of hydrogen-bond donors (Lipinski definition) is 1. The first-order chi connectivity index (χ1) is 9.34. The Hall–Kier alpha value is -0.730. The molecule has 1 N–H and O–H groups in total. The molecule has 2 saturated carbocycles. The fraction of sp³-hybridized carbons (Fsp3) is 0.938. The van der Waals surface area contributed by atoms with Gasteiger partial charge in [0.2, 0.25) is 0 Å². The summed E-state index contributed by atoms with van der Waals surface area (Å²) in [5, 5.41) is 2.98. The smallest absolute Gasteiger partial charge is 0.407 e. The highest BCUT2D eigenvalue weighted by atomic mass is 16.6. The van der Waals surface area contributed by atoms with Crippen molar-refractivity contribution in [3.05, 3.63) is 0 Å². The Morgan fingerprint density at radius 2 is 1.26 bits per heavy atom. The molecule has 3 heteroatoms. The number of nitrogens with one attached hydrogen (secondary N) is 1. The predicted molar refractivity (Wildman–Crippen MR) is 77.2 cm³/mol. The molecule has 0 bridgehead atoms. The van der Waals surface area contributed by atoms with Crippen molar-refractivity contribution in [2.75, 3.05) is 0 Å². The van der Waals surface area contributed by atoms with E-state index < -0.39 is 0 Å². The van der Waals surface area contributed by atoms with Crippen LogP contribution in [0.15, 0.2) is 0 Å². The van der Waals surface area contributed by atoms with Gasteiger partial charge in [0.25, 0.3) is 0 Å². The van der Waals surface area contributed by atoms with Gasteiger partial charge in [0, 0.05) is 6.04 Å². The largest absolute Gasteiger partial charge is 0.446 e. The van der Waals surface area contributed by atoms with Gasteiger partial charge in [-0.2, -0.15) is 0 Å². The topological polar surface area (TPSA) is 38.3 Å². The lowest BCUT2D eigenvalue weighted by molar-refractivity contribution is 0.0786. The van der Waals surface area contributed by atoms with E-state index in [1.807, 2.05) is 0 Å². The summed E-state index contributed by atoms with van der Waals surface area (Å²) in [7, 11) is 0. The lowest BCUT2D eigenvalue weighted by Gasteiger charge is -2.27. The van der Waals surface area contributed by atoms with E-state index >= 15 is 0 Å². The summed E-state index contributed by atoms with van der Waals surface area (Å²) in [6.45, 7) is 0. The highest BCUT2D eigenvalue weighted by Crippen LogP contribution is 2.21. The van der Waals surface area contributed by atoms with Gasteiger partial charge in [-0.15, -0.1) is 0 Å². The molecule has 2 rings (SSSR count). The second-order valence-corrected chi connectivity index (χ2v) is 6.21. The maximum atomic E-state index is 11.8. The Morgan fingerprint density at radius 3 is 1.74 bits per heavy atom. The molecule has 0 aromatic heterocycles. The third-order valence-electron chi connectivity index (χ3n) is 4.50. The third kappa shape index (κ3) is 5.84. The summed E-state index contributed by atoms with van der Waals surface area (Å²) in [6.07, 6.45) is 16.0. The number of rotatable bonds is 2. The van der Waals surface area contributed by atoms with Crippen molar-refractivity contribution in [2.24, 2.45) is 0 Å². The maximum Gasteiger partial charge on any atom is 0.407 e. The summed E-state index contributed by atoms with van der Waals surface area (Å²) >= 11 is 0. The van der Waals surface area contributed by atoms with Gasteiger partial charge in [-0.05, 0) is 44.9 Å². The lowest BCUT2D eigenvalue weighted by atomic mass is 9.93. The molecule has 2 fully saturated rings. The van der Waals surface area contributed by atoms with E-state index in [1.54, 1.807) is 0 Å². The number of carbonyl (C=O) groups is 1. The summed E-state index contributed by atoms with van der Waals surface area (Å²) in [5.41, 5.74) is 0. The quantitative estimate of drug-likeness (QED) is 0.797. The average molecular weight is 267 g/mol. The van der Waals surface area contributed by atoms with E-state index in [0.29, 0.717) is 6.04 Å². The zero-order valence-corrected chi connectivity index (χ0v) is 12.2. The van der Waals surface area contributed by atoms with Crippen molar-refractivity contribution in [3.63, 3.8) is 0 Å². The predicted octanol–water partition coefficient (Wildman–Crippen LogP) is 4.55. The Morgan fingerprint density at radius 1 is 0.737 bits per heavy atom. The monoisotopic (exact) mass is 267 g/mol. The molecule has 0 saturated heterocycles.